The Morgan fingerprint density at radius 3 is 2.76 bits per heavy atom. The fraction of sp³-hybridized carbons (Fsp3) is 0.647. The highest BCUT2D eigenvalue weighted by molar-refractivity contribution is 7.11. The van der Waals surface area contributed by atoms with Gasteiger partial charge in [0.15, 0.2) is 0 Å². The lowest BCUT2D eigenvalue weighted by Gasteiger charge is -2.32. The van der Waals surface area contributed by atoms with Crippen LogP contribution in [0, 0.1) is 13.8 Å². The summed E-state index contributed by atoms with van der Waals surface area (Å²) in [5.74, 6) is 1.06. The maximum absolute atomic E-state index is 12.7. The molecular formula is C17H25N5O2S. The third-order valence-corrected chi connectivity index (χ3v) is 5.88. The Morgan fingerprint density at radius 2 is 2.12 bits per heavy atom. The molecule has 0 aromatic carbocycles. The van der Waals surface area contributed by atoms with E-state index in [1.165, 1.54) is 4.68 Å². The molecule has 25 heavy (non-hydrogen) atoms. The van der Waals surface area contributed by atoms with Gasteiger partial charge in [-0.1, -0.05) is 0 Å². The van der Waals surface area contributed by atoms with Gasteiger partial charge in [-0.05, 0) is 33.6 Å². The lowest BCUT2D eigenvalue weighted by molar-refractivity contribution is -0.131. The van der Waals surface area contributed by atoms with Gasteiger partial charge in [0.05, 0.1) is 17.1 Å². The van der Waals surface area contributed by atoms with E-state index in [0.29, 0.717) is 19.5 Å². The molecule has 2 aromatic heterocycles. The van der Waals surface area contributed by atoms with E-state index in [-0.39, 0.29) is 17.5 Å². The van der Waals surface area contributed by atoms with Gasteiger partial charge in [0, 0.05) is 37.5 Å². The van der Waals surface area contributed by atoms with E-state index in [2.05, 4.69) is 10.1 Å². The number of aromatic nitrogens is 4. The Morgan fingerprint density at radius 1 is 1.36 bits per heavy atom. The van der Waals surface area contributed by atoms with Crippen molar-refractivity contribution in [2.45, 2.75) is 52.5 Å². The predicted molar refractivity (Wildman–Crippen MR) is 97.0 cm³/mol. The first-order valence-electron chi connectivity index (χ1n) is 8.75. The highest BCUT2D eigenvalue weighted by Gasteiger charge is 2.29. The second kappa shape index (κ2) is 7.11. The van der Waals surface area contributed by atoms with Crippen LogP contribution in [0.25, 0.3) is 0 Å². The first-order valence-corrected chi connectivity index (χ1v) is 9.56. The molecule has 1 unspecified atom stereocenters. The number of likely N-dealkylation sites (tertiary alicyclic amines) is 1. The molecule has 3 rings (SSSR count). The Bertz CT molecular complexity index is 835. The molecule has 1 saturated heterocycles. The molecule has 0 aliphatic carbocycles. The predicted octanol–water partition coefficient (Wildman–Crippen LogP) is 1.62. The van der Waals surface area contributed by atoms with E-state index in [9.17, 15) is 9.59 Å². The average molecular weight is 363 g/mol. The number of hydrogen-bond acceptors (Lipinski definition) is 5. The van der Waals surface area contributed by atoms with Crippen molar-refractivity contribution < 1.29 is 4.79 Å². The molecule has 1 fully saturated rings. The largest absolute Gasteiger partial charge is 0.345 e. The summed E-state index contributed by atoms with van der Waals surface area (Å²) >= 11 is 1.60. The Kier molecular flexibility index (Phi) is 5.08. The monoisotopic (exact) mass is 363 g/mol. The van der Waals surface area contributed by atoms with Gasteiger partial charge in [-0.3, -0.25) is 9.36 Å². The molecule has 8 heteroatoms. The first kappa shape index (κ1) is 17.8. The van der Waals surface area contributed by atoms with E-state index < -0.39 is 0 Å². The number of nitrogens with zero attached hydrogens (tertiary/aromatic N) is 5. The van der Waals surface area contributed by atoms with Crippen LogP contribution in [-0.4, -0.2) is 43.2 Å². The second-order valence-corrected chi connectivity index (χ2v) is 7.89. The summed E-state index contributed by atoms with van der Waals surface area (Å²) in [5, 5.41) is 5.42. The minimum absolute atomic E-state index is 0.0864. The number of hydrogen-bond donors (Lipinski definition) is 0. The van der Waals surface area contributed by atoms with E-state index in [4.69, 9.17) is 0 Å². The smallest absolute Gasteiger partial charge is 0.342 e. The average Bonchev–Trinajstić information content (AvgIpc) is 3.06. The van der Waals surface area contributed by atoms with E-state index in [1.54, 1.807) is 23.0 Å². The normalized spacial score (nSPS) is 17.9. The number of rotatable bonds is 4. The van der Waals surface area contributed by atoms with Crippen molar-refractivity contribution in [3.8, 4) is 0 Å². The highest BCUT2D eigenvalue weighted by atomic mass is 32.1. The van der Waals surface area contributed by atoms with Crippen molar-refractivity contribution in [2.75, 3.05) is 13.1 Å². The van der Waals surface area contributed by atoms with E-state index in [1.807, 2.05) is 25.7 Å². The van der Waals surface area contributed by atoms with Gasteiger partial charge in [-0.25, -0.2) is 14.5 Å². The zero-order valence-electron chi connectivity index (χ0n) is 15.3. The third-order valence-electron chi connectivity index (χ3n) is 4.80. The number of amides is 1. The quantitative estimate of drug-likeness (QED) is 0.827. The van der Waals surface area contributed by atoms with Crippen molar-refractivity contribution >= 4 is 17.2 Å². The summed E-state index contributed by atoms with van der Waals surface area (Å²) in [5.41, 5.74) is 0.866. The molecule has 1 aliphatic rings. The van der Waals surface area contributed by atoms with Crippen LogP contribution in [0.4, 0.5) is 0 Å². The van der Waals surface area contributed by atoms with Crippen molar-refractivity contribution in [3.63, 3.8) is 0 Å². The van der Waals surface area contributed by atoms with Gasteiger partial charge in [-0.15, -0.1) is 11.3 Å². The van der Waals surface area contributed by atoms with E-state index in [0.717, 1.165) is 40.8 Å². The SMILES string of the molecule is CCn1c(C2CCCN(C(=O)Cc3sc(C)nc3C)C2)nn(C)c1=O. The fourth-order valence-electron chi connectivity index (χ4n) is 3.52. The molecule has 1 aliphatic heterocycles. The molecule has 2 aromatic rings. The lowest BCUT2D eigenvalue weighted by atomic mass is 9.96. The highest BCUT2D eigenvalue weighted by Crippen LogP contribution is 2.26. The van der Waals surface area contributed by atoms with Gasteiger partial charge in [0.1, 0.15) is 5.82 Å². The fourth-order valence-corrected chi connectivity index (χ4v) is 4.45. The number of carbonyl (C=O) groups is 1. The number of piperidine rings is 1. The summed E-state index contributed by atoms with van der Waals surface area (Å²) in [4.78, 5) is 32.3. The van der Waals surface area contributed by atoms with Crippen molar-refractivity contribution in [2.24, 2.45) is 7.05 Å². The van der Waals surface area contributed by atoms with Crippen molar-refractivity contribution in [1.82, 2.24) is 24.2 Å². The Balaban J connectivity index is 1.75. The summed E-state index contributed by atoms with van der Waals surface area (Å²) in [7, 11) is 1.68. The van der Waals surface area contributed by atoms with Crippen LogP contribution in [-0.2, 0) is 24.8 Å². The van der Waals surface area contributed by atoms with Crippen molar-refractivity contribution in [3.05, 3.63) is 31.9 Å². The summed E-state index contributed by atoms with van der Waals surface area (Å²) in [6.45, 7) is 7.88. The maximum atomic E-state index is 12.7. The van der Waals surface area contributed by atoms with Gasteiger partial charge >= 0.3 is 5.69 Å². The van der Waals surface area contributed by atoms with Crippen LogP contribution in [0.3, 0.4) is 0 Å². The summed E-state index contributed by atoms with van der Waals surface area (Å²) in [6.07, 6.45) is 2.30. The number of aryl methyl sites for hydroxylation is 3. The van der Waals surface area contributed by atoms with Crippen LogP contribution >= 0.6 is 11.3 Å². The van der Waals surface area contributed by atoms with Gasteiger partial charge in [-0.2, -0.15) is 5.10 Å². The van der Waals surface area contributed by atoms with Crippen LogP contribution in [0.2, 0.25) is 0 Å². The van der Waals surface area contributed by atoms with Gasteiger partial charge in [0.25, 0.3) is 0 Å². The third kappa shape index (κ3) is 3.53. The number of carbonyl (C=O) groups excluding carboxylic acids is 1. The Hall–Kier alpha value is -1.96. The molecule has 0 spiro atoms. The topological polar surface area (TPSA) is 73.0 Å². The van der Waals surface area contributed by atoms with Crippen LogP contribution in [0.1, 0.15) is 47.1 Å². The standard InChI is InChI=1S/C17H25N5O2S/c1-5-22-16(19-20(4)17(22)24)13-7-6-8-21(10-13)15(23)9-14-11(2)18-12(3)25-14/h13H,5-10H2,1-4H3. The van der Waals surface area contributed by atoms with Gasteiger partial charge < -0.3 is 4.90 Å². The summed E-state index contributed by atoms with van der Waals surface area (Å²) in [6, 6.07) is 0. The van der Waals surface area contributed by atoms with Crippen LogP contribution in [0.5, 0.6) is 0 Å². The number of thiazole rings is 1. The minimum atomic E-state index is -0.0864. The van der Waals surface area contributed by atoms with Crippen molar-refractivity contribution in [1.29, 1.82) is 0 Å². The molecule has 3 heterocycles. The second-order valence-electron chi connectivity index (χ2n) is 6.61. The van der Waals surface area contributed by atoms with Crippen LogP contribution < -0.4 is 5.69 Å². The zero-order valence-corrected chi connectivity index (χ0v) is 16.1. The minimum Gasteiger partial charge on any atom is -0.342 e. The molecule has 1 atom stereocenters. The molecule has 0 saturated carbocycles. The molecule has 136 valence electrons. The summed E-state index contributed by atoms with van der Waals surface area (Å²) < 4.78 is 3.11. The Labute approximate surface area is 151 Å². The molecule has 7 nitrogen and oxygen atoms in total. The first-order chi connectivity index (χ1) is 11.9. The zero-order chi connectivity index (χ0) is 18.1. The molecule has 0 radical (unpaired) electrons. The molecule has 0 N–H and O–H groups in total. The van der Waals surface area contributed by atoms with E-state index >= 15 is 0 Å². The molecule has 1 amide bonds. The molecule has 0 bridgehead atoms. The maximum Gasteiger partial charge on any atom is 0.345 e. The van der Waals surface area contributed by atoms with Crippen LogP contribution in [0.15, 0.2) is 4.79 Å². The lowest BCUT2D eigenvalue weighted by Crippen LogP contribution is -2.40. The molecular weight excluding hydrogens is 338 g/mol. The van der Waals surface area contributed by atoms with Gasteiger partial charge in [0.2, 0.25) is 5.91 Å².